The van der Waals surface area contributed by atoms with E-state index in [2.05, 4.69) is 12.1 Å². The number of allylic oxidation sites excluding steroid dienone is 2. The maximum Gasteiger partial charge on any atom is 0.211 e. The molecule has 0 saturated heterocycles. The van der Waals surface area contributed by atoms with E-state index in [1.165, 1.54) is 11.1 Å². The van der Waals surface area contributed by atoms with Crippen LogP contribution in [0.1, 0.15) is 31.8 Å². The smallest absolute Gasteiger partial charge is 0.211 e. The van der Waals surface area contributed by atoms with Gasteiger partial charge in [0.1, 0.15) is 10.7 Å². The van der Waals surface area contributed by atoms with Gasteiger partial charge in [-0.25, -0.2) is 0 Å². The Labute approximate surface area is 139 Å². The average molecular weight is 324 g/mol. The number of carbonyl (C=O) groups is 2. The molecule has 0 saturated carbocycles. The topological polar surface area (TPSA) is 37.4 Å². The van der Waals surface area contributed by atoms with Crippen LogP contribution in [0.3, 0.4) is 0 Å². The molecule has 1 aliphatic heterocycles. The lowest BCUT2D eigenvalue weighted by atomic mass is 9.90. The molecule has 0 amide bonds. The molecule has 2 aromatic carbocycles. The van der Waals surface area contributed by atoms with E-state index in [4.69, 9.17) is 11.6 Å². The summed E-state index contributed by atoms with van der Waals surface area (Å²) in [5.41, 5.74) is 3.63. The molecule has 3 nitrogen and oxygen atoms in total. The number of ketones is 2. The van der Waals surface area contributed by atoms with Crippen molar-refractivity contribution in [1.29, 1.82) is 0 Å². The fourth-order valence-corrected chi connectivity index (χ4v) is 3.61. The van der Waals surface area contributed by atoms with Gasteiger partial charge in [0.15, 0.2) is 0 Å². The van der Waals surface area contributed by atoms with Crippen molar-refractivity contribution >= 4 is 23.2 Å². The Balaban J connectivity index is 1.77. The van der Waals surface area contributed by atoms with Gasteiger partial charge in [-0.2, -0.15) is 0 Å². The molecule has 0 spiro atoms. The molecule has 4 rings (SSSR count). The number of carbonyl (C=O) groups excluding carboxylic acids is 2. The van der Waals surface area contributed by atoms with Crippen LogP contribution in [-0.4, -0.2) is 23.0 Å². The van der Waals surface area contributed by atoms with Crippen molar-refractivity contribution in [3.05, 3.63) is 81.5 Å². The minimum absolute atomic E-state index is 0.0353. The number of hydrogen-bond donors (Lipinski definition) is 0. The van der Waals surface area contributed by atoms with Gasteiger partial charge in [-0.1, -0.05) is 60.1 Å². The first kappa shape index (κ1) is 14.2. The van der Waals surface area contributed by atoms with Gasteiger partial charge in [0, 0.05) is 24.2 Å². The molecule has 0 N–H and O–H groups in total. The van der Waals surface area contributed by atoms with Gasteiger partial charge in [0.05, 0.1) is 0 Å². The lowest BCUT2D eigenvalue weighted by Crippen LogP contribution is -2.36. The van der Waals surface area contributed by atoms with E-state index in [1.807, 2.05) is 17.0 Å². The molecule has 0 bridgehead atoms. The van der Waals surface area contributed by atoms with Crippen molar-refractivity contribution in [3.63, 3.8) is 0 Å². The second kappa shape index (κ2) is 5.36. The van der Waals surface area contributed by atoms with Crippen LogP contribution in [0.5, 0.6) is 0 Å². The van der Waals surface area contributed by atoms with Crippen LogP contribution in [0.2, 0.25) is 0 Å². The minimum Gasteiger partial charge on any atom is -0.362 e. The van der Waals surface area contributed by atoms with Crippen molar-refractivity contribution < 1.29 is 9.59 Å². The third-order valence-corrected chi connectivity index (χ3v) is 4.84. The number of Topliss-reactive ketones (excluding diaryl/α,β-unsaturated/α-hetero) is 2. The fourth-order valence-electron chi connectivity index (χ4n) is 3.30. The molecule has 1 aliphatic carbocycles. The number of rotatable bonds is 1. The molecule has 0 atom stereocenters. The van der Waals surface area contributed by atoms with Crippen LogP contribution in [-0.2, 0) is 13.0 Å². The summed E-state index contributed by atoms with van der Waals surface area (Å²) in [5.74, 6) is -0.430. The molecule has 4 heteroatoms. The summed E-state index contributed by atoms with van der Waals surface area (Å²) in [6, 6.07) is 15.0. The normalized spacial score (nSPS) is 17.2. The van der Waals surface area contributed by atoms with Gasteiger partial charge in [-0.15, -0.1) is 0 Å². The molecule has 0 radical (unpaired) electrons. The quantitative estimate of drug-likeness (QED) is 0.805. The molecule has 114 valence electrons. The number of hydrogen-bond acceptors (Lipinski definition) is 3. The summed E-state index contributed by atoms with van der Waals surface area (Å²) in [6.45, 7) is 1.28. The summed E-state index contributed by atoms with van der Waals surface area (Å²) in [4.78, 5) is 27.3. The summed E-state index contributed by atoms with van der Waals surface area (Å²) >= 11 is 6.28. The SMILES string of the molecule is O=C1C(Cl)=C(N2CCc3ccccc3C2)C(=O)c2ccccc21. The first-order valence-electron chi connectivity index (χ1n) is 7.57. The Bertz CT molecular complexity index is 869. The zero-order valence-electron chi connectivity index (χ0n) is 12.4. The fraction of sp³-hybridized carbons (Fsp3) is 0.158. The van der Waals surface area contributed by atoms with E-state index in [1.54, 1.807) is 24.3 Å². The molecule has 2 aliphatic rings. The van der Waals surface area contributed by atoms with Crippen molar-refractivity contribution in [2.24, 2.45) is 0 Å². The lowest BCUT2D eigenvalue weighted by Gasteiger charge is -2.34. The number of halogens is 1. The molecular weight excluding hydrogens is 310 g/mol. The summed E-state index contributed by atoms with van der Waals surface area (Å²) in [6.07, 6.45) is 0.840. The summed E-state index contributed by atoms with van der Waals surface area (Å²) in [5, 5.41) is 0.0353. The maximum absolute atomic E-state index is 12.8. The van der Waals surface area contributed by atoms with Gasteiger partial charge < -0.3 is 4.90 Å². The third kappa shape index (κ3) is 2.20. The van der Waals surface area contributed by atoms with Crippen LogP contribution >= 0.6 is 11.6 Å². The lowest BCUT2D eigenvalue weighted by molar-refractivity contribution is 0.0942. The van der Waals surface area contributed by atoms with E-state index < -0.39 is 0 Å². The van der Waals surface area contributed by atoms with Gasteiger partial charge in [0.25, 0.3) is 0 Å². The number of fused-ring (bicyclic) bond motifs is 2. The Morgan fingerprint density at radius 1 is 0.826 bits per heavy atom. The highest BCUT2D eigenvalue weighted by molar-refractivity contribution is 6.49. The molecular formula is C19H14ClNO2. The second-order valence-corrected chi connectivity index (χ2v) is 6.18. The van der Waals surface area contributed by atoms with Crippen LogP contribution in [0.4, 0.5) is 0 Å². The van der Waals surface area contributed by atoms with Crippen molar-refractivity contribution in [1.82, 2.24) is 4.90 Å². The van der Waals surface area contributed by atoms with Crippen molar-refractivity contribution in [3.8, 4) is 0 Å². The molecule has 0 fully saturated rings. The molecule has 0 unspecified atom stereocenters. The van der Waals surface area contributed by atoms with Gasteiger partial charge in [0.2, 0.25) is 11.6 Å². The maximum atomic E-state index is 12.8. The molecule has 0 aromatic heterocycles. The first-order valence-corrected chi connectivity index (χ1v) is 7.94. The number of nitrogens with zero attached hydrogens (tertiary/aromatic N) is 1. The summed E-state index contributed by atoms with van der Waals surface area (Å²) in [7, 11) is 0. The van der Waals surface area contributed by atoms with E-state index in [9.17, 15) is 9.59 Å². The Hall–Kier alpha value is -2.39. The molecule has 2 aromatic rings. The summed E-state index contributed by atoms with van der Waals surface area (Å²) < 4.78 is 0. The Kier molecular flexibility index (Phi) is 3.31. The first-order chi connectivity index (χ1) is 11.2. The number of benzene rings is 2. The van der Waals surface area contributed by atoms with E-state index in [-0.39, 0.29) is 16.6 Å². The van der Waals surface area contributed by atoms with Gasteiger partial charge >= 0.3 is 0 Å². The van der Waals surface area contributed by atoms with Gasteiger partial charge in [-0.05, 0) is 17.5 Å². The average Bonchev–Trinajstić information content (AvgIpc) is 2.60. The largest absolute Gasteiger partial charge is 0.362 e. The minimum atomic E-state index is -0.268. The van der Waals surface area contributed by atoms with Gasteiger partial charge in [-0.3, -0.25) is 9.59 Å². The third-order valence-electron chi connectivity index (χ3n) is 4.49. The van der Waals surface area contributed by atoms with E-state index in [0.29, 0.717) is 29.9 Å². The predicted molar refractivity (Wildman–Crippen MR) is 88.5 cm³/mol. The molecule has 1 heterocycles. The van der Waals surface area contributed by atoms with Crippen LogP contribution in [0.25, 0.3) is 0 Å². The predicted octanol–water partition coefficient (Wildman–Crippen LogP) is 3.57. The highest BCUT2D eigenvalue weighted by atomic mass is 35.5. The highest BCUT2D eigenvalue weighted by Crippen LogP contribution is 2.33. The van der Waals surface area contributed by atoms with E-state index in [0.717, 1.165) is 6.42 Å². The second-order valence-electron chi connectivity index (χ2n) is 5.81. The van der Waals surface area contributed by atoms with Crippen LogP contribution < -0.4 is 0 Å². The van der Waals surface area contributed by atoms with Crippen LogP contribution in [0, 0.1) is 0 Å². The zero-order chi connectivity index (χ0) is 16.0. The van der Waals surface area contributed by atoms with E-state index >= 15 is 0 Å². The zero-order valence-corrected chi connectivity index (χ0v) is 13.1. The highest BCUT2D eigenvalue weighted by Gasteiger charge is 2.35. The van der Waals surface area contributed by atoms with Crippen molar-refractivity contribution in [2.45, 2.75) is 13.0 Å². The Morgan fingerprint density at radius 3 is 2.17 bits per heavy atom. The Morgan fingerprint density at radius 2 is 1.43 bits per heavy atom. The monoisotopic (exact) mass is 323 g/mol. The molecule has 23 heavy (non-hydrogen) atoms. The van der Waals surface area contributed by atoms with Crippen molar-refractivity contribution in [2.75, 3.05) is 6.54 Å². The van der Waals surface area contributed by atoms with Crippen LogP contribution in [0.15, 0.2) is 59.3 Å². The standard InChI is InChI=1S/C19H14ClNO2/c20-16-17(19(23)15-8-4-3-7-14(15)18(16)22)21-10-9-12-5-1-2-6-13(12)11-21/h1-8H,9-11H2.